The Hall–Kier alpha value is -1.46. The summed E-state index contributed by atoms with van der Waals surface area (Å²) in [5.41, 5.74) is 5.71. The molecule has 1 aromatic carbocycles. The molecule has 100 valence electrons. The molecule has 2 atom stereocenters. The first kappa shape index (κ1) is 14.6. The number of aliphatic hydroxyl groups excluding tert-OH is 1. The topological polar surface area (TPSA) is 75.3 Å². The molecule has 5 heteroatoms. The number of nitrogens with one attached hydrogen (secondary N) is 1. The third-order valence-electron chi connectivity index (χ3n) is 2.74. The molecule has 0 aliphatic carbocycles. The van der Waals surface area contributed by atoms with Gasteiger partial charge in [-0.25, -0.2) is 4.39 Å². The van der Waals surface area contributed by atoms with Crippen molar-refractivity contribution in [3.63, 3.8) is 0 Å². The summed E-state index contributed by atoms with van der Waals surface area (Å²) in [6.45, 7) is 3.86. The minimum Gasteiger partial charge on any atom is -0.387 e. The molecule has 18 heavy (non-hydrogen) atoms. The molecule has 0 spiro atoms. The Balaban J connectivity index is 2.60. The lowest BCUT2D eigenvalue weighted by atomic mass is 10.0. The van der Waals surface area contributed by atoms with Crippen molar-refractivity contribution >= 4 is 5.91 Å². The monoisotopic (exact) mass is 254 g/mol. The van der Waals surface area contributed by atoms with Crippen LogP contribution in [0.15, 0.2) is 24.3 Å². The predicted octanol–water partition coefficient (Wildman–Crippen LogP) is 0.959. The van der Waals surface area contributed by atoms with Gasteiger partial charge in [0, 0.05) is 6.54 Å². The van der Waals surface area contributed by atoms with E-state index in [-0.39, 0.29) is 12.5 Å². The molecular weight excluding hydrogens is 235 g/mol. The fraction of sp³-hybridized carbons (Fsp3) is 0.462. The van der Waals surface area contributed by atoms with E-state index in [1.54, 1.807) is 6.07 Å². The number of nitrogens with two attached hydrogens (primary N) is 1. The number of hydrogen-bond acceptors (Lipinski definition) is 3. The van der Waals surface area contributed by atoms with E-state index in [1.807, 2.05) is 13.8 Å². The summed E-state index contributed by atoms with van der Waals surface area (Å²) in [5, 5.41) is 12.8. The van der Waals surface area contributed by atoms with Crippen LogP contribution in [0.4, 0.5) is 4.39 Å². The van der Waals surface area contributed by atoms with E-state index in [9.17, 15) is 14.3 Å². The maximum absolute atomic E-state index is 13.0. The zero-order chi connectivity index (χ0) is 13.7. The van der Waals surface area contributed by atoms with Crippen LogP contribution >= 0.6 is 0 Å². The lowest BCUT2D eigenvalue weighted by molar-refractivity contribution is -0.121. The Morgan fingerprint density at radius 3 is 2.67 bits per heavy atom. The van der Waals surface area contributed by atoms with Crippen molar-refractivity contribution in [3.05, 3.63) is 35.6 Å². The second kappa shape index (κ2) is 6.47. The lowest BCUT2D eigenvalue weighted by Crippen LogP contribution is -2.46. The molecule has 0 radical (unpaired) electrons. The number of rotatable bonds is 6. The third-order valence-corrected chi connectivity index (χ3v) is 2.74. The van der Waals surface area contributed by atoms with Gasteiger partial charge in [0.05, 0.1) is 12.1 Å². The quantitative estimate of drug-likeness (QED) is 0.707. The van der Waals surface area contributed by atoms with Crippen molar-refractivity contribution in [2.24, 2.45) is 11.7 Å². The van der Waals surface area contributed by atoms with Crippen LogP contribution in [-0.4, -0.2) is 23.6 Å². The fourth-order valence-electron chi connectivity index (χ4n) is 1.74. The van der Waals surface area contributed by atoms with Crippen LogP contribution < -0.4 is 11.1 Å². The molecule has 1 rings (SSSR count). The van der Waals surface area contributed by atoms with Crippen molar-refractivity contribution < 1.29 is 14.3 Å². The maximum atomic E-state index is 13.0. The second-order valence-electron chi connectivity index (χ2n) is 4.60. The van der Waals surface area contributed by atoms with Gasteiger partial charge in [-0.15, -0.1) is 0 Å². The molecular formula is C13H19FN2O2. The Bertz CT molecular complexity index is 410. The first-order valence-corrected chi connectivity index (χ1v) is 5.88. The highest BCUT2D eigenvalue weighted by Crippen LogP contribution is 2.13. The Morgan fingerprint density at radius 2 is 2.17 bits per heavy atom. The number of carbonyl (C=O) groups excluding carboxylic acids is 1. The number of hydrogen-bond donors (Lipinski definition) is 3. The molecule has 0 aliphatic rings. The van der Waals surface area contributed by atoms with E-state index < -0.39 is 23.9 Å². The number of carbonyl (C=O) groups is 1. The van der Waals surface area contributed by atoms with Gasteiger partial charge in [-0.1, -0.05) is 26.0 Å². The lowest BCUT2D eigenvalue weighted by Gasteiger charge is -2.21. The number of amides is 1. The van der Waals surface area contributed by atoms with Crippen LogP contribution in [-0.2, 0) is 4.79 Å². The van der Waals surface area contributed by atoms with Crippen molar-refractivity contribution in [2.75, 3.05) is 6.54 Å². The molecule has 0 heterocycles. The largest absolute Gasteiger partial charge is 0.387 e. The summed E-state index contributed by atoms with van der Waals surface area (Å²) >= 11 is 0. The van der Waals surface area contributed by atoms with Gasteiger partial charge in [0.2, 0.25) is 5.91 Å². The molecule has 0 fully saturated rings. The Labute approximate surface area is 106 Å². The molecule has 4 nitrogen and oxygen atoms in total. The molecule has 0 bridgehead atoms. The SMILES string of the molecule is CC(C)C(NCC(O)c1cccc(F)c1)C(N)=O. The number of aliphatic hydroxyl groups is 1. The normalized spacial score (nSPS) is 14.5. The van der Waals surface area contributed by atoms with E-state index in [2.05, 4.69) is 5.32 Å². The highest BCUT2D eigenvalue weighted by molar-refractivity contribution is 5.80. The molecule has 0 aromatic heterocycles. The van der Waals surface area contributed by atoms with Gasteiger partial charge in [0.1, 0.15) is 5.82 Å². The van der Waals surface area contributed by atoms with Crippen molar-refractivity contribution in [2.45, 2.75) is 26.0 Å². The van der Waals surface area contributed by atoms with Crippen LogP contribution in [0, 0.1) is 11.7 Å². The first-order valence-electron chi connectivity index (χ1n) is 5.88. The molecule has 1 aromatic rings. The maximum Gasteiger partial charge on any atom is 0.234 e. The van der Waals surface area contributed by atoms with Crippen molar-refractivity contribution in [1.82, 2.24) is 5.32 Å². The second-order valence-corrected chi connectivity index (χ2v) is 4.60. The van der Waals surface area contributed by atoms with Gasteiger partial charge in [0.25, 0.3) is 0 Å². The van der Waals surface area contributed by atoms with Gasteiger partial charge in [0.15, 0.2) is 0 Å². The van der Waals surface area contributed by atoms with Gasteiger partial charge in [-0.3, -0.25) is 4.79 Å². The summed E-state index contributed by atoms with van der Waals surface area (Å²) in [5.74, 6) is -0.833. The smallest absolute Gasteiger partial charge is 0.234 e. The third kappa shape index (κ3) is 4.09. The van der Waals surface area contributed by atoms with Crippen LogP contribution in [0.5, 0.6) is 0 Å². The van der Waals surface area contributed by atoms with E-state index >= 15 is 0 Å². The van der Waals surface area contributed by atoms with Gasteiger partial charge < -0.3 is 16.2 Å². The van der Waals surface area contributed by atoms with Crippen LogP contribution in [0.1, 0.15) is 25.5 Å². The summed E-state index contributed by atoms with van der Waals surface area (Å²) in [7, 11) is 0. The van der Waals surface area contributed by atoms with Gasteiger partial charge in [-0.05, 0) is 23.6 Å². The standard InChI is InChI=1S/C13H19FN2O2/c1-8(2)12(13(15)18)16-7-11(17)9-4-3-5-10(14)6-9/h3-6,8,11-12,16-17H,7H2,1-2H3,(H2,15,18). The Kier molecular flexibility index (Phi) is 5.25. The van der Waals surface area contributed by atoms with Crippen molar-refractivity contribution in [3.8, 4) is 0 Å². The van der Waals surface area contributed by atoms with E-state index in [4.69, 9.17) is 5.73 Å². The van der Waals surface area contributed by atoms with Gasteiger partial charge in [-0.2, -0.15) is 0 Å². The summed E-state index contributed by atoms with van der Waals surface area (Å²) in [6.07, 6.45) is -0.874. The minimum atomic E-state index is -0.874. The summed E-state index contributed by atoms with van der Waals surface area (Å²) in [6, 6.07) is 5.23. The molecule has 1 amide bonds. The summed E-state index contributed by atoms with van der Waals surface area (Å²) in [4.78, 5) is 11.2. The van der Waals surface area contributed by atoms with Crippen molar-refractivity contribution in [1.29, 1.82) is 0 Å². The first-order chi connectivity index (χ1) is 8.41. The molecule has 0 aliphatic heterocycles. The van der Waals surface area contributed by atoms with Gasteiger partial charge >= 0.3 is 0 Å². The van der Waals surface area contributed by atoms with Crippen LogP contribution in [0.3, 0.4) is 0 Å². The highest BCUT2D eigenvalue weighted by Gasteiger charge is 2.20. The van der Waals surface area contributed by atoms with E-state index in [0.717, 1.165) is 0 Å². The fourth-order valence-corrected chi connectivity index (χ4v) is 1.74. The number of benzene rings is 1. The molecule has 0 saturated carbocycles. The molecule has 0 saturated heterocycles. The van der Waals surface area contributed by atoms with Crippen LogP contribution in [0.2, 0.25) is 0 Å². The average molecular weight is 254 g/mol. The average Bonchev–Trinajstić information content (AvgIpc) is 2.28. The van der Waals surface area contributed by atoms with Crippen LogP contribution in [0.25, 0.3) is 0 Å². The summed E-state index contributed by atoms with van der Waals surface area (Å²) < 4.78 is 13.0. The highest BCUT2D eigenvalue weighted by atomic mass is 19.1. The zero-order valence-electron chi connectivity index (χ0n) is 10.6. The Morgan fingerprint density at radius 1 is 1.50 bits per heavy atom. The van der Waals surface area contributed by atoms with E-state index in [0.29, 0.717) is 5.56 Å². The van der Waals surface area contributed by atoms with E-state index in [1.165, 1.54) is 18.2 Å². The number of halogens is 1. The predicted molar refractivity (Wildman–Crippen MR) is 67.2 cm³/mol. The minimum absolute atomic E-state index is 0.0298. The molecule has 2 unspecified atom stereocenters. The molecule has 4 N–H and O–H groups in total. The number of primary amides is 1. The zero-order valence-corrected chi connectivity index (χ0v) is 10.6.